The molecule has 0 aromatic heterocycles. The van der Waals surface area contributed by atoms with Crippen molar-refractivity contribution >= 4 is 0 Å². The van der Waals surface area contributed by atoms with E-state index in [0.29, 0.717) is 0 Å². The number of allylic oxidation sites excluding steroid dienone is 2. The van der Waals surface area contributed by atoms with Crippen LogP contribution in [0.5, 0.6) is 0 Å². The van der Waals surface area contributed by atoms with E-state index in [0.717, 1.165) is 39.3 Å². The number of ether oxygens (including phenoxy) is 2. The maximum atomic E-state index is 6.13. The minimum Gasteiger partial charge on any atom is -0.381 e. The molecule has 0 fully saturated rings. The predicted molar refractivity (Wildman–Crippen MR) is 146 cm³/mol. The summed E-state index contributed by atoms with van der Waals surface area (Å²) in [5.41, 5.74) is 0.219. The number of rotatable bonds is 26. The van der Waals surface area contributed by atoms with Crippen LogP contribution in [0.25, 0.3) is 0 Å². The highest BCUT2D eigenvalue weighted by molar-refractivity contribution is 5.03. The molecule has 1 aliphatic carbocycles. The van der Waals surface area contributed by atoms with Crippen LogP contribution in [-0.4, -0.2) is 26.4 Å². The second-order valence-electron chi connectivity index (χ2n) is 10.8. The van der Waals surface area contributed by atoms with Crippen molar-refractivity contribution in [2.45, 2.75) is 155 Å². The summed E-state index contributed by atoms with van der Waals surface area (Å²) in [5, 5.41) is 0. The normalized spacial score (nSPS) is 15.0. The Balaban J connectivity index is 1.91. The average Bonchev–Trinajstić information content (AvgIpc) is 3.29. The van der Waals surface area contributed by atoms with Crippen molar-refractivity contribution in [3.63, 3.8) is 0 Å². The molecule has 196 valence electrons. The first-order valence-electron chi connectivity index (χ1n) is 15.1. The molecule has 2 heteroatoms. The van der Waals surface area contributed by atoms with E-state index in [1.807, 2.05) is 0 Å². The first-order valence-corrected chi connectivity index (χ1v) is 15.1. The molecule has 0 heterocycles. The third-order valence-corrected chi connectivity index (χ3v) is 7.37. The van der Waals surface area contributed by atoms with Crippen LogP contribution in [0.1, 0.15) is 155 Å². The summed E-state index contributed by atoms with van der Waals surface area (Å²) in [5.74, 6) is 0. The zero-order chi connectivity index (χ0) is 23.7. The van der Waals surface area contributed by atoms with Crippen LogP contribution >= 0.6 is 0 Å². The molecular formula is C31H60O2. The van der Waals surface area contributed by atoms with Crippen molar-refractivity contribution in [3.8, 4) is 0 Å². The van der Waals surface area contributed by atoms with E-state index in [9.17, 15) is 0 Å². The minimum atomic E-state index is 0.219. The molecular weight excluding hydrogens is 404 g/mol. The van der Waals surface area contributed by atoms with Crippen molar-refractivity contribution < 1.29 is 9.47 Å². The summed E-state index contributed by atoms with van der Waals surface area (Å²) in [6, 6.07) is 0. The van der Waals surface area contributed by atoms with E-state index in [2.05, 4.69) is 26.0 Å². The molecule has 0 saturated heterocycles. The Morgan fingerprint density at radius 1 is 0.455 bits per heavy atom. The maximum absolute atomic E-state index is 6.13. The van der Waals surface area contributed by atoms with Gasteiger partial charge < -0.3 is 9.47 Å². The van der Waals surface area contributed by atoms with Gasteiger partial charge in [0.1, 0.15) is 0 Å². The molecule has 0 amide bonds. The highest BCUT2D eigenvalue weighted by Crippen LogP contribution is 2.34. The molecule has 0 spiro atoms. The Morgan fingerprint density at radius 3 is 1.09 bits per heavy atom. The highest BCUT2D eigenvalue weighted by atomic mass is 16.5. The Bertz CT molecular complexity index is 379. The van der Waals surface area contributed by atoms with Crippen molar-refractivity contribution in [3.05, 3.63) is 12.2 Å². The third-order valence-electron chi connectivity index (χ3n) is 7.37. The fraction of sp³-hybridized carbons (Fsp3) is 0.935. The summed E-state index contributed by atoms with van der Waals surface area (Å²) in [7, 11) is 0. The molecule has 33 heavy (non-hydrogen) atoms. The summed E-state index contributed by atoms with van der Waals surface area (Å²) in [4.78, 5) is 0. The monoisotopic (exact) mass is 464 g/mol. The average molecular weight is 465 g/mol. The van der Waals surface area contributed by atoms with Crippen LogP contribution in [0, 0.1) is 5.41 Å². The summed E-state index contributed by atoms with van der Waals surface area (Å²) in [6.07, 6.45) is 34.6. The molecule has 2 nitrogen and oxygen atoms in total. The molecule has 0 bridgehead atoms. The van der Waals surface area contributed by atoms with Gasteiger partial charge in [-0.2, -0.15) is 0 Å². The lowest BCUT2D eigenvalue weighted by molar-refractivity contribution is -0.0179. The zero-order valence-corrected chi connectivity index (χ0v) is 22.9. The third kappa shape index (κ3) is 18.6. The molecule has 0 atom stereocenters. The lowest BCUT2D eigenvalue weighted by Crippen LogP contribution is -2.30. The molecule has 0 radical (unpaired) electrons. The van der Waals surface area contributed by atoms with Gasteiger partial charge in [0.2, 0.25) is 0 Å². The van der Waals surface area contributed by atoms with E-state index in [1.165, 1.54) is 128 Å². The fourth-order valence-corrected chi connectivity index (χ4v) is 4.99. The predicted octanol–water partition coefficient (Wildman–Crippen LogP) is 10.2. The molecule has 0 aromatic carbocycles. The van der Waals surface area contributed by atoms with Crippen LogP contribution < -0.4 is 0 Å². The van der Waals surface area contributed by atoms with Gasteiger partial charge >= 0.3 is 0 Å². The van der Waals surface area contributed by atoms with Gasteiger partial charge in [-0.15, -0.1) is 0 Å². The smallest absolute Gasteiger partial charge is 0.0550 e. The van der Waals surface area contributed by atoms with Crippen molar-refractivity contribution in [1.29, 1.82) is 0 Å². The molecule has 1 rings (SSSR count). The summed E-state index contributed by atoms with van der Waals surface area (Å²) < 4.78 is 12.3. The first kappa shape index (κ1) is 30.7. The van der Waals surface area contributed by atoms with E-state index >= 15 is 0 Å². The van der Waals surface area contributed by atoms with E-state index in [-0.39, 0.29) is 5.41 Å². The Morgan fingerprint density at radius 2 is 0.758 bits per heavy atom. The van der Waals surface area contributed by atoms with Crippen molar-refractivity contribution in [2.75, 3.05) is 26.4 Å². The van der Waals surface area contributed by atoms with Crippen molar-refractivity contribution in [2.24, 2.45) is 5.41 Å². The standard InChI is InChI=1S/C31H60O2/c1-3-5-7-9-11-13-15-17-19-23-27-32-29-31(25-21-22-26-31)30-33-28-24-20-18-16-14-12-10-8-6-4-2/h21-22H,3-20,23-30H2,1-2H3. The van der Waals surface area contributed by atoms with Gasteiger partial charge in [0.05, 0.1) is 13.2 Å². The lowest BCUT2D eigenvalue weighted by Gasteiger charge is -2.28. The minimum absolute atomic E-state index is 0.219. The van der Waals surface area contributed by atoms with Gasteiger partial charge in [-0.1, -0.05) is 142 Å². The fourth-order valence-electron chi connectivity index (χ4n) is 4.99. The Hall–Kier alpha value is -0.340. The molecule has 0 aliphatic heterocycles. The first-order chi connectivity index (χ1) is 16.3. The quantitative estimate of drug-likeness (QED) is 0.0936. The van der Waals surface area contributed by atoms with Crippen LogP contribution in [-0.2, 0) is 9.47 Å². The van der Waals surface area contributed by atoms with E-state index < -0.39 is 0 Å². The van der Waals surface area contributed by atoms with E-state index in [4.69, 9.17) is 9.47 Å². The summed E-state index contributed by atoms with van der Waals surface area (Å²) in [6.45, 7) is 8.18. The number of hydrogen-bond acceptors (Lipinski definition) is 2. The Labute approximate surface area is 208 Å². The van der Waals surface area contributed by atoms with Gasteiger partial charge in [0.15, 0.2) is 0 Å². The maximum Gasteiger partial charge on any atom is 0.0550 e. The molecule has 0 saturated carbocycles. The van der Waals surface area contributed by atoms with Crippen LogP contribution in [0.3, 0.4) is 0 Å². The van der Waals surface area contributed by atoms with Gasteiger partial charge in [-0.05, 0) is 25.7 Å². The molecule has 0 N–H and O–H groups in total. The Kier molecular flexibility index (Phi) is 21.8. The number of unbranched alkanes of at least 4 members (excludes halogenated alkanes) is 18. The topological polar surface area (TPSA) is 18.5 Å². The lowest BCUT2D eigenvalue weighted by atomic mass is 9.87. The largest absolute Gasteiger partial charge is 0.381 e. The molecule has 0 unspecified atom stereocenters. The van der Waals surface area contributed by atoms with Crippen LogP contribution in [0.2, 0.25) is 0 Å². The molecule has 1 aliphatic rings. The van der Waals surface area contributed by atoms with E-state index in [1.54, 1.807) is 0 Å². The van der Waals surface area contributed by atoms with Crippen molar-refractivity contribution in [1.82, 2.24) is 0 Å². The highest BCUT2D eigenvalue weighted by Gasteiger charge is 2.31. The van der Waals surface area contributed by atoms with Gasteiger partial charge in [-0.3, -0.25) is 0 Å². The second kappa shape index (κ2) is 23.4. The zero-order valence-electron chi connectivity index (χ0n) is 22.9. The van der Waals surface area contributed by atoms with Gasteiger partial charge in [-0.25, -0.2) is 0 Å². The second-order valence-corrected chi connectivity index (χ2v) is 10.8. The SMILES string of the molecule is CCCCCCCCCCCCOCC1(COCCCCCCCCCCCC)CC=CC1. The van der Waals surface area contributed by atoms with Crippen LogP contribution in [0.4, 0.5) is 0 Å². The summed E-state index contributed by atoms with van der Waals surface area (Å²) >= 11 is 0. The molecule has 0 aromatic rings. The number of hydrogen-bond donors (Lipinski definition) is 0. The van der Waals surface area contributed by atoms with Crippen LogP contribution in [0.15, 0.2) is 12.2 Å². The van der Waals surface area contributed by atoms with Gasteiger partial charge in [0.25, 0.3) is 0 Å². The van der Waals surface area contributed by atoms with Gasteiger partial charge in [0, 0.05) is 18.6 Å².